The molecule has 0 fully saturated rings. The number of nitrogens with two attached hydrogens (primary N) is 1. The quantitative estimate of drug-likeness (QED) is 0.797. The summed E-state index contributed by atoms with van der Waals surface area (Å²) in [5, 5.41) is 4.72. The van der Waals surface area contributed by atoms with E-state index in [9.17, 15) is 0 Å². The topological polar surface area (TPSA) is 43.8 Å². The van der Waals surface area contributed by atoms with Crippen LogP contribution < -0.4 is 5.73 Å². The van der Waals surface area contributed by atoms with Gasteiger partial charge in [0.25, 0.3) is 0 Å². The predicted octanol–water partition coefficient (Wildman–Crippen LogP) is 3.66. The van der Waals surface area contributed by atoms with Gasteiger partial charge < -0.3 is 5.73 Å². The molecular weight excluding hydrogens is 270 g/mol. The van der Waals surface area contributed by atoms with Gasteiger partial charge in [-0.15, -0.1) is 0 Å². The van der Waals surface area contributed by atoms with E-state index in [1.54, 1.807) is 0 Å². The fraction of sp³-hybridized carbons (Fsp3) is 0.211. The van der Waals surface area contributed by atoms with Crippen molar-refractivity contribution in [3.63, 3.8) is 0 Å². The summed E-state index contributed by atoms with van der Waals surface area (Å²) in [5.74, 6) is 0. The molecule has 22 heavy (non-hydrogen) atoms. The standard InChI is InChI=1S/C19H21N3/c1-14-19(17-6-4-3-5-7-17)15(2)22(21-14)18-10-8-16(9-11-18)12-13-20/h3-11H,12-13,20H2,1-2H3. The van der Waals surface area contributed by atoms with E-state index in [-0.39, 0.29) is 0 Å². The number of hydrogen-bond acceptors (Lipinski definition) is 2. The molecular formula is C19H21N3. The predicted molar refractivity (Wildman–Crippen MR) is 91.2 cm³/mol. The minimum absolute atomic E-state index is 0.678. The van der Waals surface area contributed by atoms with Gasteiger partial charge in [-0.3, -0.25) is 0 Å². The van der Waals surface area contributed by atoms with Gasteiger partial charge in [0.05, 0.1) is 11.4 Å². The Balaban J connectivity index is 2.02. The Morgan fingerprint density at radius 2 is 1.64 bits per heavy atom. The fourth-order valence-electron chi connectivity index (χ4n) is 2.89. The van der Waals surface area contributed by atoms with Crippen molar-refractivity contribution in [3.8, 4) is 16.8 Å². The third-order valence-corrected chi connectivity index (χ3v) is 3.97. The van der Waals surface area contributed by atoms with Gasteiger partial charge in [-0.25, -0.2) is 4.68 Å². The van der Waals surface area contributed by atoms with Crippen molar-refractivity contribution in [3.05, 3.63) is 71.5 Å². The minimum atomic E-state index is 0.678. The van der Waals surface area contributed by atoms with Crippen molar-refractivity contribution in [2.45, 2.75) is 20.3 Å². The Kier molecular flexibility index (Phi) is 4.07. The van der Waals surface area contributed by atoms with Gasteiger partial charge in [0, 0.05) is 11.3 Å². The maximum absolute atomic E-state index is 5.60. The number of rotatable bonds is 4. The summed E-state index contributed by atoms with van der Waals surface area (Å²) in [7, 11) is 0. The van der Waals surface area contributed by atoms with Gasteiger partial charge in [0.1, 0.15) is 0 Å². The maximum Gasteiger partial charge on any atom is 0.0679 e. The molecule has 0 amide bonds. The molecule has 3 rings (SSSR count). The third kappa shape index (κ3) is 2.68. The van der Waals surface area contributed by atoms with Crippen LogP contribution in [-0.4, -0.2) is 16.3 Å². The molecule has 112 valence electrons. The van der Waals surface area contributed by atoms with Gasteiger partial charge in [-0.1, -0.05) is 42.5 Å². The molecule has 3 aromatic rings. The van der Waals surface area contributed by atoms with E-state index in [2.05, 4.69) is 62.4 Å². The van der Waals surface area contributed by atoms with Crippen LogP contribution in [0.5, 0.6) is 0 Å². The van der Waals surface area contributed by atoms with Crippen LogP contribution in [0.15, 0.2) is 54.6 Å². The van der Waals surface area contributed by atoms with Gasteiger partial charge in [0.2, 0.25) is 0 Å². The van der Waals surface area contributed by atoms with Crippen LogP contribution in [0.3, 0.4) is 0 Å². The highest BCUT2D eigenvalue weighted by Gasteiger charge is 2.14. The van der Waals surface area contributed by atoms with Gasteiger partial charge >= 0.3 is 0 Å². The molecule has 2 aromatic carbocycles. The molecule has 0 saturated heterocycles. The van der Waals surface area contributed by atoms with E-state index in [0.717, 1.165) is 23.5 Å². The number of benzene rings is 2. The van der Waals surface area contributed by atoms with Crippen molar-refractivity contribution in [1.82, 2.24) is 9.78 Å². The zero-order valence-corrected chi connectivity index (χ0v) is 13.1. The van der Waals surface area contributed by atoms with Crippen molar-refractivity contribution >= 4 is 0 Å². The molecule has 0 atom stereocenters. The highest BCUT2D eigenvalue weighted by molar-refractivity contribution is 5.69. The highest BCUT2D eigenvalue weighted by Crippen LogP contribution is 2.28. The smallest absolute Gasteiger partial charge is 0.0679 e. The maximum atomic E-state index is 5.60. The lowest BCUT2D eigenvalue weighted by molar-refractivity contribution is 0.832. The van der Waals surface area contributed by atoms with Crippen LogP contribution in [0.4, 0.5) is 0 Å². The summed E-state index contributed by atoms with van der Waals surface area (Å²) < 4.78 is 2.02. The Morgan fingerprint density at radius 3 is 2.27 bits per heavy atom. The molecule has 1 heterocycles. The van der Waals surface area contributed by atoms with Crippen LogP contribution >= 0.6 is 0 Å². The van der Waals surface area contributed by atoms with Gasteiger partial charge in [0.15, 0.2) is 0 Å². The average Bonchev–Trinajstić information content (AvgIpc) is 2.84. The third-order valence-electron chi connectivity index (χ3n) is 3.97. The van der Waals surface area contributed by atoms with Crippen molar-refractivity contribution in [2.24, 2.45) is 5.73 Å². The van der Waals surface area contributed by atoms with Crippen LogP contribution in [0.25, 0.3) is 16.8 Å². The zero-order valence-electron chi connectivity index (χ0n) is 13.1. The highest BCUT2D eigenvalue weighted by atomic mass is 15.3. The monoisotopic (exact) mass is 291 g/mol. The van der Waals surface area contributed by atoms with Crippen molar-refractivity contribution in [2.75, 3.05) is 6.54 Å². The second-order valence-corrected chi connectivity index (χ2v) is 5.53. The molecule has 3 nitrogen and oxygen atoms in total. The van der Waals surface area contributed by atoms with E-state index in [0.29, 0.717) is 6.54 Å². The number of aromatic nitrogens is 2. The first-order valence-electron chi connectivity index (χ1n) is 7.61. The average molecular weight is 291 g/mol. The lowest BCUT2D eigenvalue weighted by Gasteiger charge is -2.07. The van der Waals surface area contributed by atoms with Crippen LogP contribution in [0, 0.1) is 13.8 Å². The summed E-state index contributed by atoms with van der Waals surface area (Å²) in [4.78, 5) is 0. The molecule has 0 unspecified atom stereocenters. The first kappa shape index (κ1) is 14.5. The van der Waals surface area contributed by atoms with E-state index < -0.39 is 0 Å². The Hall–Kier alpha value is -2.39. The van der Waals surface area contributed by atoms with E-state index in [4.69, 9.17) is 10.8 Å². The fourth-order valence-corrected chi connectivity index (χ4v) is 2.89. The number of hydrogen-bond donors (Lipinski definition) is 1. The molecule has 0 bridgehead atoms. The molecule has 0 aliphatic heterocycles. The van der Waals surface area contributed by atoms with E-state index in [1.807, 2.05) is 10.7 Å². The van der Waals surface area contributed by atoms with E-state index in [1.165, 1.54) is 16.7 Å². The Labute approximate surface area is 131 Å². The van der Waals surface area contributed by atoms with Crippen LogP contribution in [0.2, 0.25) is 0 Å². The molecule has 3 heteroatoms. The lowest BCUT2D eigenvalue weighted by Crippen LogP contribution is -2.03. The minimum Gasteiger partial charge on any atom is -0.330 e. The van der Waals surface area contributed by atoms with Gasteiger partial charge in [-0.05, 0) is 50.1 Å². The summed E-state index contributed by atoms with van der Waals surface area (Å²) in [5.41, 5.74) is 12.6. The molecule has 2 N–H and O–H groups in total. The molecule has 0 aliphatic rings. The molecule has 1 aromatic heterocycles. The summed E-state index contributed by atoms with van der Waals surface area (Å²) >= 11 is 0. The lowest BCUT2D eigenvalue weighted by atomic mass is 10.0. The van der Waals surface area contributed by atoms with Crippen molar-refractivity contribution in [1.29, 1.82) is 0 Å². The summed E-state index contributed by atoms with van der Waals surface area (Å²) in [6, 6.07) is 18.9. The first-order valence-corrected chi connectivity index (χ1v) is 7.61. The normalized spacial score (nSPS) is 10.9. The van der Waals surface area contributed by atoms with Gasteiger partial charge in [-0.2, -0.15) is 5.10 Å². The molecule has 0 spiro atoms. The zero-order chi connectivity index (χ0) is 15.5. The Morgan fingerprint density at radius 1 is 0.955 bits per heavy atom. The van der Waals surface area contributed by atoms with Crippen LogP contribution in [-0.2, 0) is 6.42 Å². The molecule has 0 aliphatic carbocycles. The molecule has 0 saturated carbocycles. The van der Waals surface area contributed by atoms with Crippen LogP contribution in [0.1, 0.15) is 17.0 Å². The summed E-state index contributed by atoms with van der Waals surface area (Å²) in [6.45, 7) is 4.86. The first-order chi connectivity index (χ1) is 10.7. The van der Waals surface area contributed by atoms with Crippen molar-refractivity contribution < 1.29 is 0 Å². The largest absolute Gasteiger partial charge is 0.330 e. The summed E-state index contributed by atoms with van der Waals surface area (Å²) in [6.07, 6.45) is 0.909. The SMILES string of the molecule is Cc1nn(-c2ccc(CCN)cc2)c(C)c1-c1ccccc1. The second-order valence-electron chi connectivity index (χ2n) is 5.53. The second kappa shape index (κ2) is 6.16. The Bertz CT molecular complexity index is 755. The number of aryl methyl sites for hydroxylation is 1. The van der Waals surface area contributed by atoms with E-state index >= 15 is 0 Å². The number of nitrogens with zero attached hydrogens (tertiary/aromatic N) is 2. The molecule has 0 radical (unpaired) electrons.